The van der Waals surface area contributed by atoms with Crippen LogP contribution in [-0.4, -0.2) is 44.1 Å². The Hall–Kier alpha value is -3.03. The van der Waals surface area contributed by atoms with Crippen LogP contribution in [0, 0.1) is 11.8 Å². The number of ether oxygens (including phenoxy) is 1. The number of nitrogens with one attached hydrogen (secondary N) is 1. The molecule has 2 fully saturated rings. The van der Waals surface area contributed by atoms with E-state index in [0.29, 0.717) is 43.4 Å². The largest absolute Gasteiger partial charge is 0.504 e. The van der Waals surface area contributed by atoms with Crippen molar-refractivity contribution in [2.45, 2.75) is 120 Å². The highest BCUT2D eigenvalue weighted by Gasteiger charge is 2.44. The minimum absolute atomic E-state index is 0.0281. The Morgan fingerprint density at radius 1 is 1.02 bits per heavy atom. The molecule has 7 nitrogen and oxygen atoms in total. The topological polar surface area (TPSA) is 125 Å². The van der Waals surface area contributed by atoms with Crippen molar-refractivity contribution in [3.63, 3.8) is 0 Å². The third kappa shape index (κ3) is 7.97. The molecule has 2 aliphatic rings. The zero-order chi connectivity index (χ0) is 30.9. The lowest BCUT2D eigenvalue weighted by Crippen LogP contribution is -2.32. The highest BCUT2D eigenvalue weighted by Crippen LogP contribution is 2.52. The van der Waals surface area contributed by atoms with E-state index in [2.05, 4.69) is 35.1 Å². The first kappa shape index (κ1) is 32.4. The van der Waals surface area contributed by atoms with Gasteiger partial charge in [-0.3, -0.25) is 0 Å². The number of H-pyrrole nitrogens is 1. The molecule has 2 saturated carbocycles. The van der Waals surface area contributed by atoms with Gasteiger partial charge in [0, 0.05) is 23.5 Å². The molecule has 0 unspecified atom stereocenters. The van der Waals surface area contributed by atoms with Crippen LogP contribution in [0.4, 0.5) is 5.82 Å². The first-order valence-electron chi connectivity index (χ1n) is 17.0. The summed E-state index contributed by atoms with van der Waals surface area (Å²) in [7, 11) is 0. The molecule has 0 bridgehead atoms. The molecule has 0 aliphatic heterocycles. The van der Waals surface area contributed by atoms with Crippen LogP contribution in [0.1, 0.15) is 113 Å². The van der Waals surface area contributed by atoms with Crippen LogP contribution >= 0.6 is 0 Å². The summed E-state index contributed by atoms with van der Waals surface area (Å²) in [6.07, 6.45) is 16.7. The van der Waals surface area contributed by atoms with Crippen LogP contribution < -0.4 is 10.5 Å². The number of hydrogen-bond donors (Lipinski definition) is 5. The molecular formula is C37H53N3O4. The Labute approximate surface area is 263 Å². The number of aromatic nitrogens is 2. The van der Waals surface area contributed by atoms with Crippen LogP contribution in [0.25, 0.3) is 0 Å². The van der Waals surface area contributed by atoms with E-state index >= 15 is 0 Å². The standard InChI is InChI=1S/C37H53N3O4/c1-2-26-7-5-8-28(13-10-26)33(43)25-30(41)14-11-27-12-15-32(42)34(23-27)44-22-17-31(29-16-21-40-36(38)24-29)37(18-3-4-19-37)35-9-6-20-39-35/h6,9,12,15-16,20-21,23-24,26,28,30-31,33,39,41-43H,2-5,7-8,10-11,13-14,17-19,22,25H2,1H3,(H2,38,40)/t26-,28-,30-,31-,33-/m1/s1. The second-order valence-corrected chi connectivity index (χ2v) is 13.5. The van der Waals surface area contributed by atoms with Gasteiger partial charge < -0.3 is 30.8 Å². The molecule has 240 valence electrons. The van der Waals surface area contributed by atoms with Crippen molar-refractivity contribution in [3.8, 4) is 11.5 Å². The van der Waals surface area contributed by atoms with Gasteiger partial charge >= 0.3 is 0 Å². The van der Waals surface area contributed by atoms with Gasteiger partial charge in [-0.25, -0.2) is 4.98 Å². The van der Waals surface area contributed by atoms with E-state index < -0.39 is 12.2 Å². The number of pyridine rings is 1. The first-order chi connectivity index (χ1) is 21.4. The average Bonchev–Trinajstić information content (AvgIpc) is 3.68. The van der Waals surface area contributed by atoms with Gasteiger partial charge in [0.05, 0.1) is 18.8 Å². The third-order valence-corrected chi connectivity index (χ3v) is 10.7. The second-order valence-electron chi connectivity index (χ2n) is 13.5. The summed E-state index contributed by atoms with van der Waals surface area (Å²) < 4.78 is 6.25. The van der Waals surface area contributed by atoms with Gasteiger partial charge in [0.25, 0.3) is 0 Å². The number of phenols is 1. The van der Waals surface area contributed by atoms with Gasteiger partial charge in [0.2, 0.25) is 0 Å². The summed E-state index contributed by atoms with van der Waals surface area (Å²) in [5.41, 5.74) is 9.53. The fourth-order valence-corrected chi connectivity index (χ4v) is 8.13. The lowest BCUT2D eigenvalue weighted by atomic mass is 9.67. The van der Waals surface area contributed by atoms with Crippen molar-refractivity contribution in [2.24, 2.45) is 11.8 Å². The number of aromatic amines is 1. The number of rotatable bonds is 14. The molecular weight excluding hydrogens is 550 g/mol. The second kappa shape index (κ2) is 15.3. The normalized spacial score (nSPS) is 22.2. The predicted molar refractivity (Wildman–Crippen MR) is 176 cm³/mol. The lowest BCUT2D eigenvalue weighted by Gasteiger charge is -2.38. The number of nitrogens with zero attached hydrogens (tertiary/aromatic N) is 1. The zero-order valence-electron chi connectivity index (χ0n) is 26.5. The molecule has 6 N–H and O–H groups in total. The number of aliphatic hydroxyl groups excluding tert-OH is 2. The van der Waals surface area contributed by atoms with Crippen molar-refractivity contribution in [2.75, 3.05) is 12.3 Å². The van der Waals surface area contributed by atoms with Crippen molar-refractivity contribution in [3.05, 3.63) is 71.7 Å². The van der Waals surface area contributed by atoms with Crippen LogP contribution in [0.5, 0.6) is 11.5 Å². The van der Waals surface area contributed by atoms with Gasteiger partial charge in [-0.05, 0) is 117 Å². The fraction of sp³-hybridized carbons (Fsp3) is 0.595. The molecule has 5 rings (SSSR count). The number of aromatic hydroxyl groups is 1. The molecule has 0 saturated heterocycles. The summed E-state index contributed by atoms with van der Waals surface area (Å²) >= 11 is 0. The number of benzene rings is 1. The van der Waals surface area contributed by atoms with Crippen molar-refractivity contribution >= 4 is 5.82 Å². The number of aliphatic hydroxyl groups is 2. The molecule has 5 atom stereocenters. The van der Waals surface area contributed by atoms with Gasteiger partial charge in [0.15, 0.2) is 11.5 Å². The molecule has 44 heavy (non-hydrogen) atoms. The van der Waals surface area contributed by atoms with Crippen LogP contribution in [0.2, 0.25) is 0 Å². The lowest BCUT2D eigenvalue weighted by molar-refractivity contribution is 0.0352. The quantitative estimate of drug-likeness (QED) is 0.122. The van der Waals surface area contributed by atoms with Crippen LogP contribution in [-0.2, 0) is 11.8 Å². The fourth-order valence-electron chi connectivity index (χ4n) is 8.13. The van der Waals surface area contributed by atoms with Crippen LogP contribution in [0.3, 0.4) is 0 Å². The van der Waals surface area contributed by atoms with Gasteiger partial charge in [-0.2, -0.15) is 0 Å². The smallest absolute Gasteiger partial charge is 0.161 e. The highest BCUT2D eigenvalue weighted by molar-refractivity contribution is 5.42. The number of phenolic OH excluding ortho intramolecular Hbond substituents is 1. The zero-order valence-corrected chi connectivity index (χ0v) is 26.5. The maximum atomic E-state index is 10.9. The molecule has 0 radical (unpaired) electrons. The summed E-state index contributed by atoms with van der Waals surface area (Å²) in [5, 5.41) is 32.3. The highest BCUT2D eigenvalue weighted by atomic mass is 16.5. The van der Waals surface area contributed by atoms with E-state index in [1.54, 1.807) is 12.3 Å². The Morgan fingerprint density at radius 3 is 2.61 bits per heavy atom. The summed E-state index contributed by atoms with van der Waals surface area (Å²) in [5.74, 6) is 2.37. The van der Waals surface area contributed by atoms with Crippen molar-refractivity contribution in [1.82, 2.24) is 9.97 Å². The van der Waals surface area contributed by atoms with E-state index in [-0.39, 0.29) is 17.1 Å². The Bertz CT molecular complexity index is 1290. The van der Waals surface area contributed by atoms with Crippen molar-refractivity contribution in [1.29, 1.82) is 0 Å². The summed E-state index contributed by atoms with van der Waals surface area (Å²) in [6, 6.07) is 13.8. The molecule has 2 aromatic heterocycles. The SMILES string of the molecule is CC[C@@H]1CCC[C@@H]([C@H](O)C[C@H](O)CCc2ccc(O)c(OCC[C@H](c3ccnc(N)c3)C3(c4ccc[nH]4)CCCC3)c2)CC1. The maximum absolute atomic E-state index is 10.9. The maximum Gasteiger partial charge on any atom is 0.161 e. The minimum Gasteiger partial charge on any atom is -0.504 e. The van der Waals surface area contributed by atoms with E-state index in [0.717, 1.165) is 43.6 Å². The number of hydrogen-bond acceptors (Lipinski definition) is 6. The molecule has 0 spiro atoms. The van der Waals surface area contributed by atoms with Crippen LogP contribution in [0.15, 0.2) is 54.9 Å². The number of anilines is 1. The van der Waals surface area contributed by atoms with Gasteiger partial charge in [-0.1, -0.05) is 51.5 Å². The third-order valence-electron chi connectivity index (χ3n) is 10.7. The first-order valence-corrected chi connectivity index (χ1v) is 17.0. The molecule has 3 aromatic rings. The summed E-state index contributed by atoms with van der Waals surface area (Å²) in [4.78, 5) is 7.74. The van der Waals surface area contributed by atoms with Crippen molar-refractivity contribution < 1.29 is 20.1 Å². The molecule has 0 amide bonds. The monoisotopic (exact) mass is 603 g/mol. The molecule has 7 heteroatoms. The molecule has 2 aliphatic carbocycles. The van der Waals surface area contributed by atoms with E-state index in [9.17, 15) is 15.3 Å². The van der Waals surface area contributed by atoms with Gasteiger partial charge in [0.1, 0.15) is 5.82 Å². The number of nitrogen functional groups attached to an aromatic ring is 1. The number of nitrogens with two attached hydrogens (primary N) is 1. The predicted octanol–water partition coefficient (Wildman–Crippen LogP) is 7.41. The number of aryl methyl sites for hydroxylation is 1. The Morgan fingerprint density at radius 2 is 1.86 bits per heavy atom. The Balaban J connectivity index is 1.19. The Kier molecular flexibility index (Phi) is 11.3. The molecule has 2 heterocycles. The minimum atomic E-state index is -0.558. The van der Waals surface area contributed by atoms with E-state index in [1.807, 2.05) is 24.4 Å². The summed E-state index contributed by atoms with van der Waals surface area (Å²) in [6.45, 7) is 2.71. The van der Waals surface area contributed by atoms with E-state index in [1.165, 1.54) is 49.8 Å². The molecule has 1 aromatic carbocycles. The average molecular weight is 604 g/mol. The van der Waals surface area contributed by atoms with Gasteiger partial charge in [-0.15, -0.1) is 0 Å². The van der Waals surface area contributed by atoms with E-state index in [4.69, 9.17) is 10.5 Å².